The SMILES string of the molecule is CC(C)(C)OC(=O)NCCCOc1ccc(Cl)cc1Br. The highest BCUT2D eigenvalue weighted by molar-refractivity contribution is 9.10. The van der Waals surface area contributed by atoms with Gasteiger partial charge in [0.05, 0.1) is 11.1 Å². The number of carbonyl (C=O) groups is 1. The summed E-state index contributed by atoms with van der Waals surface area (Å²) in [4.78, 5) is 11.4. The predicted molar refractivity (Wildman–Crippen MR) is 83.5 cm³/mol. The first-order valence-corrected chi connectivity index (χ1v) is 7.50. The van der Waals surface area contributed by atoms with Gasteiger partial charge in [-0.25, -0.2) is 4.79 Å². The second-order valence-electron chi connectivity index (χ2n) is 5.21. The van der Waals surface area contributed by atoms with Crippen molar-refractivity contribution in [1.82, 2.24) is 5.32 Å². The van der Waals surface area contributed by atoms with E-state index < -0.39 is 11.7 Å². The van der Waals surface area contributed by atoms with Gasteiger partial charge in [-0.3, -0.25) is 0 Å². The third-order valence-electron chi connectivity index (χ3n) is 2.14. The minimum atomic E-state index is -0.477. The molecule has 0 saturated carbocycles. The van der Waals surface area contributed by atoms with Crippen LogP contribution in [0.3, 0.4) is 0 Å². The molecule has 1 N–H and O–H groups in total. The average Bonchev–Trinajstić information content (AvgIpc) is 2.28. The van der Waals surface area contributed by atoms with E-state index in [9.17, 15) is 4.79 Å². The molecule has 0 atom stereocenters. The Morgan fingerprint density at radius 3 is 2.70 bits per heavy atom. The molecule has 1 aromatic carbocycles. The van der Waals surface area contributed by atoms with Crippen LogP contribution in [0.1, 0.15) is 27.2 Å². The lowest BCUT2D eigenvalue weighted by molar-refractivity contribution is 0.0525. The summed E-state index contributed by atoms with van der Waals surface area (Å²) >= 11 is 9.21. The Bertz CT molecular complexity index is 460. The summed E-state index contributed by atoms with van der Waals surface area (Å²) in [6.45, 7) is 6.48. The maximum atomic E-state index is 11.4. The van der Waals surface area contributed by atoms with E-state index in [1.807, 2.05) is 20.8 Å². The number of amides is 1. The molecule has 0 radical (unpaired) electrons. The number of rotatable bonds is 5. The number of benzene rings is 1. The van der Waals surface area contributed by atoms with Crippen LogP contribution < -0.4 is 10.1 Å². The fourth-order valence-electron chi connectivity index (χ4n) is 1.35. The van der Waals surface area contributed by atoms with Crippen molar-refractivity contribution in [2.45, 2.75) is 32.8 Å². The number of hydrogen-bond donors (Lipinski definition) is 1. The minimum absolute atomic E-state index is 0.412. The Morgan fingerprint density at radius 2 is 2.10 bits per heavy atom. The van der Waals surface area contributed by atoms with Crippen LogP contribution >= 0.6 is 27.5 Å². The van der Waals surface area contributed by atoms with Crippen LogP contribution in [-0.4, -0.2) is 24.8 Å². The van der Waals surface area contributed by atoms with E-state index in [0.29, 0.717) is 24.6 Å². The van der Waals surface area contributed by atoms with Crippen LogP contribution in [0.25, 0.3) is 0 Å². The van der Waals surface area contributed by atoms with Crippen molar-refractivity contribution in [1.29, 1.82) is 0 Å². The maximum Gasteiger partial charge on any atom is 0.407 e. The van der Waals surface area contributed by atoms with E-state index in [4.69, 9.17) is 21.1 Å². The third kappa shape index (κ3) is 7.01. The highest BCUT2D eigenvalue weighted by Crippen LogP contribution is 2.27. The van der Waals surface area contributed by atoms with Crippen molar-refractivity contribution >= 4 is 33.6 Å². The first-order valence-electron chi connectivity index (χ1n) is 6.32. The van der Waals surface area contributed by atoms with E-state index in [1.54, 1.807) is 18.2 Å². The molecule has 0 saturated heterocycles. The van der Waals surface area contributed by atoms with E-state index >= 15 is 0 Å². The van der Waals surface area contributed by atoms with Crippen molar-refractivity contribution in [2.75, 3.05) is 13.2 Å². The molecule has 0 aliphatic heterocycles. The maximum absolute atomic E-state index is 11.4. The third-order valence-corrected chi connectivity index (χ3v) is 3.00. The van der Waals surface area contributed by atoms with Gasteiger partial charge in [0.15, 0.2) is 0 Å². The molecular formula is C14H19BrClNO3. The van der Waals surface area contributed by atoms with E-state index in [1.165, 1.54) is 0 Å². The van der Waals surface area contributed by atoms with Crippen molar-refractivity contribution in [3.05, 3.63) is 27.7 Å². The van der Waals surface area contributed by atoms with Gasteiger partial charge in [-0.15, -0.1) is 0 Å². The summed E-state index contributed by atoms with van der Waals surface area (Å²) in [5.41, 5.74) is -0.477. The Hall–Kier alpha value is -0.940. The largest absolute Gasteiger partial charge is 0.492 e. The lowest BCUT2D eigenvalue weighted by atomic mass is 10.2. The smallest absolute Gasteiger partial charge is 0.407 e. The Morgan fingerprint density at radius 1 is 1.40 bits per heavy atom. The van der Waals surface area contributed by atoms with Gasteiger partial charge in [0.1, 0.15) is 11.4 Å². The predicted octanol–water partition coefficient (Wildman–Crippen LogP) is 4.40. The normalized spacial score (nSPS) is 11.1. The number of alkyl carbamates (subject to hydrolysis) is 1. The Balaban J connectivity index is 2.21. The van der Waals surface area contributed by atoms with E-state index in [2.05, 4.69) is 21.2 Å². The highest BCUT2D eigenvalue weighted by atomic mass is 79.9. The van der Waals surface area contributed by atoms with Crippen molar-refractivity contribution in [3.63, 3.8) is 0 Å². The van der Waals surface area contributed by atoms with Crippen molar-refractivity contribution < 1.29 is 14.3 Å². The molecule has 0 unspecified atom stereocenters. The molecule has 112 valence electrons. The van der Waals surface area contributed by atoms with Crippen LogP contribution in [-0.2, 0) is 4.74 Å². The molecule has 20 heavy (non-hydrogen) atoms. The molecule has 0 heterocycles. The molecule has 1 aromatic rings. The fraction of sp³-hybridized carbons (Fsp3) is 0.500. The Kier molecular flexibility index (Phi) is 6.62. The van der Waals surface area contributed by atoms with Crippen LogP contribution in [0, 0.1) is 0 Å². The molecule has 1 amide bonds. The molecule has 0 aromatic heterocycles. The summed E-state index contributed by atoms with van der Waals surface area (Å²) < 4.78 is 11.5. The number of nitrogens with one attached hydrogen (secondary N) is 1. The van der Waals surface area contributed by atoms with E-state index in [0.717, 1.165) is 10.2 Å². The van der Waals surface area contributed by atoms with Gasteiger partial charge >= 0.3 is 6.09 Å². The fourth-order valence-corrected chi connectivity index (χ4v) is 2.15. The van der Waals surface area contributed by atoms with Crippen LogP contribution in [0.2, 0.25) is 5.02 Å². The lowest BCUT2D eigenvalue weighted by Gasteiger charge is -2.19. The van der Waals surface area contributed by atoms with E-state index in [-0.39, 0.29) is 0 Å². The summed E-state index contributed by atoms with van der Waals surface area (Å²) in [5.74, 6) is 0.728. The molecular weight excluding hydrogens is 346 g/mol. The van der Waals surface area contributed by atoms with Gasteiger partial charge in [0, 0.05) is 11.6 Å². The summed E-state index contributed by atoms with van der Waals surface area (Å²) in [5, 5.41) is 3.32. The molecule has 1 rings (SSSR count). The van der Waals surface area contributed by atoms with Gasteiger partial charge < -0.3 is 14.8 Å². The number of carbonyl (C=O) groups excluding carboxylic acids is 1. The quantitative estimate of drug-likeness (QED) is 0.788. The molecule has 0 bridgehead atoms. The van der Waals surface area contributed by atoms with Gasteiger partial charge in [0.2, 0.25) is 0 Å². The average molecular weight is 365 g/mol. The van der Waals surface area contributed by atoms with Gasteiger partial charge in [-0.2, -0.15) is 0 Å². The van der Waals surface area contributed by atoms with Crippen molar-refractivity contribution in [3.8, 4) is 5.75 Å². The van der Waals surface area contributed by atoms with Crippen molar-refractivity contribution in [2.24, 2.45) is 0 Å². The van der Waals surface area contributed by atoms with Gasteiger partial charge in [0.25, 0.3) is 0 Å². The molecule has 4 nitrogen and oxygen atoms in total. The molecule has 0 fully saturated rings. The van der Waals surface area contributed by atoms with Gasteiger partial charge in [-0.05, 0) is 61.3 Å². The second-order valence-corrected chi connectivity index (χ2v) is 6.50. The summed E-state index contributed by atoms with van der Waals surface area (Å²) in [6.07, 6.45) is 0.277. The van der Waals surface area contributed by atoms with Crippen LogP contribution in [0.5, 0.6) is 5.75 Å². The minimum Gasteiger partial charge on any atom is -0.492 e. The topological polar surface area (TPSA) is 47.6 Å². The second kappa shape index (κ2) is 7.74. The lowest BCUT2D eigenvalue weighted by Crippen LogP contribution is -2.33. The zero-order chi connectivity index (χ0) is 15.2. The molecule has 0 aliphatic rings. The number of ether oxygens (including phenoxy) is 2. The first kappa shape index (κ1) is 17.1. The molecule has 0 aliphatic carbocycles. The molecule has 6 heteroatoms. The first-order chi connectivity index (χ1) is 9.28. The Labute approximate surface area is 132 Å². The number of halogens is 2. The van der Waals surface area contributed by atoms with Gasteiger partial charge in [-0.1, -0.05) is 11.6 Å². The summed E-state index contributed by atoms with van der Waals surface area (Å²) in [6, 6.07) is 5.34. The van der Waals surface area contributed by atoms with Crippen LogP contribution in [0.4, 0.5) is 4.79 Å². The van der Waals surface area contributed by atoms with Crippen LogP contribution in [0.15, 0.2) is 22.7 Å². The summed E-state index contributed by atoms with van der Waals surface area (Å²) in [7, 11) is 0. The monoisotopic (exact) mass is 363 g/mol. The molecule has 0 spiro atoms. The highest BCUT2D eigenvalue weighted by Gasteiger charge is 2.15. The number of hydrogen-bond acceptors (Lipinski definition) is 3. The zero-order valence-electron chi connectivity index (χ0n) is 11.8. The zero-order valence-corrected chi connectivity index (χ0v) is 14.2. The standard InChI is InChI=1S/C14H19BrClNO3/c1-14(2,3)20-13(18)17-7-4-8-19-12-6-5-10(16)9-11(12)15/h5-6,9H,4,7-8H2,1-3H3,(H,17,18).